The van der Waals surface area contributed by atoms with Crippen LogP contribution in [0.4, 0.5) is 8.78 Å². The van der Waals surface area contributed by atoms with Crippen molar-refractivity contribution in [3.63, 3.8) is 0 Å². The molecule has 0 radical (unpaired) electrons. The number of allylic oxidation sites excluding steroid dienone is 1. The highest BCUT2D eigenvalue weighted by molar-refractivity contribution is 7.07. The lowest BCUT2D eigenvalue weighted by molar-refractivity contribution is -0.123. The zero-order valence-electron chi connectivity index (χ0n) is 18.3. The minimum Gasteiger partial charge on any atom is -0.384 e. The number of hydrogen-bond donors (Lipinski definition) is 1. The molecular formula is C24H16Cl2F2N4O2S. The molecule has 0 spiro atoms. The lowest BCUT2D eigenvalue weighted by Crippen LogP contribution is -2.42. The summed E-state index contributed by atoms with van der Waals surface area (Å²) in [6.45, 7) is 0. The Kier molecular flexibility index (Phi) is 6.56. The molecule has 1 amide bonds. The van der Waals surface area contributed by atoms with Crippen molar-refractivity contribution in [3.8, 4) is 6.07 Å². The van der Waals surface area contributed by atoms with Crippen LogP contribution in [0.15, 0.2) is 46.8 Å². The molecule has 178 valence electrons. The number of fused-ring (bicyclic) bond motifs is 1. The van der Waals surface area contributed by atoms with Crippen LogP contribution in [0.25, 0.3) is 17.5 Å². The van der Waals surface area contributed by atoms with Gasteiger partial charge in [-0.1, -0.05) is 35.3 Å². The van der Waals surface area contributed by atoms with Crippen molar-refractivity contribution in [1.82, 2.24) is 9.47 Å². The van der Waals surface area contributed by atoms with Gasteiger partial charge in [0.2, 0.25) is 0 Å². The monoisotopic (exact) mass is 532 g/mol. The predicted molar refractivity (Wildman–Crippen MR) is 132 cm³/mol. The van der Waals surface area contributed by atoms with Gasteiger partial charge in [-0.3, -0.25) is 14.2 Å². The maximum Gasteiger partial charge on any atom is 0.274 e. The highest BCUT2D eigenvalue weighted by Crippen LogP contribution is 2.41. The van der Waals surface area contributed by atoms with Crippen molar-refractivity contribution in [1.29, 1.82) is 5.26 Å². The largest absolute Gasteiger partial charge is 0.384 e. The summed E-state index contributed by atoms with van der Waals surface area (Å²) in [5, 5.41) is 10.0. The Morgan fingerprint density at radius 2 is 1.80 bits per heavy atom. The van der Waals surface area contributed by atoms with E-state index in [0.29, 0.717) is 0 Å². The molecule has 2 N–H and O–H groups in total. The Morgan fingerprint density at radius 3 is 2.37 bits per heavy atom. The van der Waals surface area contributed by atoms with E-state index in [4.69, 9.17) is 28.9 Å². The summed E-state index contributed by atoms with van der Waals surface area (Å²) in [4.78, 5) is 28.0. The Hall–Kier alpha value is -3.45. The number of rotatable bonds is 3. The molecule has 3 aromatic rings. The second kappa shape index (κ2) is 9.30. The van der Waals surface area contributed by atoms with Crippen molar-refractivity contribution in [2.45, 2.75) is 5.92 Å². The maximum absolute atomic E-state index is 15.0. The van der Waals surface area contributed by atoms with Gasteiger partial charge in [-0.25, -0.2) is 8.78 Å². The number of halogens is 4. The summed E-state index contributed by atoms with van der Waals surface area (Å²) < 4.78 is 30.5. The van der Waals surface area contributed by atoms with E-state index in [1.807, 2.05) is 6.07 Å². The van der Waals surface area contributed by atoms with E-state index in [-0.39, 0.29) is 47.3 Å². The van der Waals surface area contributed by atoms with E-state index in [2.05, 4.69) is 0 Å². The van der Waals surface area contributed by atoms with Gasteiger partial charge in [0.05, 0.1) is 32.7 Å². The van der Waals surface area contributed by atoms with Gasteiger partial charge in [-0.15, -0.1) is 11.3 Å². The highest BCUT2D eigenvalue weighted by atomic mass is 35.5. The third kappa shape index (κ3) is 4.04. The fourth-order valence-corrected chi connectivity index (χ4v) is 5.49. The van der Waals surface area contributed by atoms with E-state index in [0.717, 1.165) is 22.0 Å². The molecule has 0 saturated heterocycles. The third-order valence-electron chi connectivity index (χ3n) is 5.47. The Labute approximate surface area is 212 Å². The molecule has 4 rings (SSSR count). The molecule has 1 aliphatic rings. The molecule has 1 atom stereocenters. The summed E-state index contributed by atoms with van der Waals surface area (Å²) in [6.07, 6.45) is 1.25. The van der Waals surface area contributed by atoms with Crippen molar-refractivity contribution >= 4 is 57.9 Å². The van der Waals surface area contributed by atoms with E-state index in [1.54, 1.807) is 0 Å². The molecule has 0 aliphatic carbocycles. The van der Waals surface area contributed by atoms with Crippen LogP contribution in [0, 0.1) is 23.0 Å². The Morgan fingerprint density at radius 1 is 1.17 bits per heavy atom. The molecule has 11 heteroatoms. The maximum atomic E-state index is 15.0. The Bertz CT molecular complexity index is 1610. The fraction of sp³-hybridized carbons (Fsp3) is 0.125. The summed E-state index contributed by atoms with van der Waals surface area (Å²) in [5.74, 6) is -3.53. The number of nitrogens with two attached hydrogens (primary N) is 1. The first-order chi connectivity index (χ1) is 16.6. The first-order valence-corrected chi connectivity index (χ1v) is 11.6. The number of benzene rings is 2. The van der Waals surface area contributed by atoms with Crippen LogP contribution in [-0.2, 0) is 4.79 Å². The topological polar surface area (TPSA) is 92.1 Å². The van der Waals surface area contributed by atoms with Gasteiger partial charge in [0.25, 0.3) is 11.5 Å². The molecule has 2 heterocycles. The zero-order valence-corrected chi connectivity index (χ0v) is 20.6. The van der Waals surface area contributed by atoms with E-state index < -0.39 is 29.0 Å². The number of carbonyl (C=O) groups is 1. The van der Waals surface area contributed by atoms with E-state index in [9.17, 15) is 19.2 Å². The molecule has 35 heavy (non-hydrogen) atoms. The number of thiazole rings is 1. The summed E-state index contributed by atoms with van der Waals surface area (Å²) in [7, 11) is 2.95. The van der Waals surface area contributed by atoms with Crippen molar-refractivity contribution in [2.75, 3.05) is 14.1 Å². The lowest BCUT2D eigenvalue weighted by atomic mass is 9.83. The number of carbonyl (C=O) groups excluding carboxylic acids is 1. The lowest BCUT2D eigenvalue weighted by Gasteiger charge is -2.27. The normalized spacial score (nSPS) is 15.7. The second-order valence-corrected chi connectivity index (χ2v) is 9.63. The first-order valence-electron chi connectivity index (χ1n) is 10.1. The van der Waals surface area contributed by atoms with Crippen LogP contribution < -0.4 is 20.5 Å². The van der Waals surface area contributed by atoms with Crippen LogP contribution in [-0.4, -0.2) is 29.5 Å². The van der Waals surface area contributed by atoms with Gasteiger partial charge in [-0.05, 0) is 30.3 Å². The molecule has 0 fully saturated rings. The van der Waals surface area contributed by atoms with Crippen LogP contribution in [0.5, 0.6) is 0 Å². The number of amides is 1. The summed E-state index contributed by atoms with van der Waals surface area (Å²) in [5.41, 5.74) is 5.14. The number of nitrogens with zero attached hydrogens (tertiary/aromatic N) is 3. The van der Waals surface area contributed by atoms with Crippen LogP contribution in [0.1, 0.15) is 17.0 Å². The third-order valence-corrected chi connectivity index (χ3v) is 7.24. The zero-order chi connectivity index (χ0) is 25.6. The van der Waals surface area contributed by atoms with Crippen LogP contribution >= 0.6 is 34.5 Å². The van der Waals surface area contributed by atoms with Gasteiger partial charge in [-0.2, -0.15) is 5.26 Å². The molecular weight excluding hydrogens is 517 g/mol. The minimum absolute atomic E-state index is 0.0107. The average Bonchev–Trinajstić information content (AvgIpc) is 3.12. The summed E-state index contributed by atoms with van der Waals surface area (Å²) in [6, 6.07) is 9.97. The SMILES string of the molecule is CN(C)C(=O)C1=c2s/c(=C\c3c(F)cccc3Cl)c(=O)n2C(N)=C(C#N)C1c1c(F)cccc1Cl. The molecule has 2 aromatic carbocycles. The van der Waals surface area contributed by atoms with E-state index in [1.165, 1.54) is 55.4 Å². The Balaban J connectivity index is 2.20. The van der Waals surface area contributed by atoms with Gasteiger partial charge >= 0.3 is 0 Å². The van der Waals surface area contributed by atoms with Gasteiger partial charge in [0.1, 0.15) is 22.1 Å². The molecule has 1 unspecified atom stereocenters. The number of hydrogen-bond acceptors (Lipinski definition) is 5. The highest BCUT2D eigenvalue weighted by Gasteiger charge is 2.38. The van der Waals surface area contributed by atoms with Crippen molar-refractivity contribution in [3.05, 3.63) is 94.3 Å². The number of nitriles is 1. The predicted octanol–water partition coefficient (Wildman–Crippen LogP) is 3.01. The number of aromatic nitrogens is 1. The molecule has 1 aromatic heterocycles. The second-order valence-electron chi connectivity index (χ2n) is 7.78. The average molecular weight is 533 g/mol. The van der Waals surface area contributed by atoms with Crippen molar-refractivity contribution < 1.29 is 13.6 Å². The van der Waals surface area contributed by atoms with Gasteiger partial charge in [0, 0.05) is 30.2 Å². The molecule has 1 aliphatic heterocycles. The molecule has 6 nitrogen and oxygen atoms in total. The molecule has 0 bridgehead atoms. The standard InChI is InChI=1S/C24H16Cl2F2N4O2S/c1-31(2)23(34)20-18(19-14(26)6-4-8-16(19)28)12(10-29)21(30)32-22(33)17(35-24(20)32)9-11-13(25)5-3-7-15(11)27/h3-9,18H,30H2,1-2H3/b17-9-. The van der Waals surface area contributed by atoms with Crippen molar-refractivity contribution in [2.24, 2.45) is 5.73 Å². The molecule has 0 saturated carbocycles. The van der Waals surface area contributed by atoms with Gasteiger partial charge in [0.15, 0.2) is 0 Å². The summed E-state index contributed by atoms with van der Waals surface area (Å²) >= 11 is 13.3. The van der Waals surface area contributed by atoms with E-state index >= 15 is 4.39 Å². The quantitative estimate of drug-likeness (QED) is 0.561. The minimum atomic E-state index is -1.27. The van der Waals surface area contributed by atoms with Crippen LogP contribution in [0.2, 0.25) is 10.0 Å². The smallest absolute Gasteiger partial charge is 0.274 e. The van der Waals surface area contributed by atoms with Crippen LogP contribution in [0.3, 0.4) is 0 Å². The van der Waals surface area contributed by atoms with Gasteiger partial charge < -0.3 is 10.6 Å². The fourth-order valence-electron chi connectivity index (χ4n) is 3.85. The first kappa shape index (κ1) is 24.7.